The summed E-state index contributed by atoms with van der Waals surface area (Å²) >= 11 is 1.70. The summed E-state index contributed by atoms with van der Waals surface area (Å²) in [6.45, 7) is 4.13. The molecule has 1 fully saturated rings. The van der Waals surface area contributed by atoms with Gasteiger partial charge in [-0.2, -0.15) is 0 Å². The highest BCUT2D eigenvalue weighted by atomic mass is 32.2. The standard InChI is InChI=1S/C22H23N5S/c1-16-23-20-14-19(25-21(20)22(24-16)26-11-6-3-7-12-26)17-10-13-27(15-17)28-18-8-4-2-5-9-18/h2,4-5,8-10,13-15,25H,3,6-7,11-12H2,1H3. The highest BCUT2D eigenvalue weighted by Crippen LogP contribution is 2.31. The molecule has 142 valence electrons. The lowest BCUT2D eigenvalue weighted by Gasteiger charge is -2.28. The second-order valence-electron chi connectivity index (χ2n) is 7.25. The zero-order valence-electron chi connectivity index (χ0n) is 15.9. The van der Waals surface area contributed by atoms with E-state index in [1.807, 2.05) is 13.0 Å². The number of piperidine rings is 1. The Balaban J connectivity index is 1.48. The molecule has 4 aromatic rings. The highest BCUT2D eigenvalue weighted by Gasteiger charge is 2.18. The fourth-order valence-corrected chi connectivity index (χ4v) is 4.61. The van der Waals surface area contributed by atoms with Crippen LogP contribution in [0.1, 0.15) is 25.1 Å². The number of aromatic amines is 1. The normalized spacial score (nSPS) is 14.7. The molecule has 1 N–H and O–H groups in total. The van der Waals surface area contributed by atoms with Crippen molar-refractivity contribution in [1.29, 1.82) is 0 Å². The number of aromatic nitrogens is 4. The SMILES string of the molecule is Cc1nc(N2CCCCC2)c2[nH]c(-c3ccn(Sc4ccccc4)c3)cc2n1. The third-order valence-electron chi connectivity index (χ3n) is 5.16. The van der Waals surface area contributed by atoms with Crippen molar-refractivity contribution in [3.8, 4) is 11.3 Å². The van der Waals surface area contributed by atoms with Crippen LogP contribution in [0.2, 0.25) is 0 Å². The first kappa shape index (κ1) is 17.4. The Morgan fingerprint density at radius 2 is 1.82 bits per heavy atom. The van der Waals surface area contributed by atoms with Gasteiger partial charge in [-0.25, -0.2) is 9.97 Å². The number of anilines is 1. The largest absolute Gasteiger partial charge is 0.355 e. The maximum atomic E-state index is 4.77. The third kappa shape index (κ3) is 3.40. The zero-order chi connectivity index (χ0) is 18.9. The van der Waals surface area contributed by atoms with E-state index in [1.54, 1.807) is 11.9 Å². The van der Waals surface area contributed by atoms with Crippen molar-refractivity contribution < 1.29 is 0 Å². The number of benzene rings is 1. The molecule has 4 heterocycles. The summed E-state index contributed by atoms with van der Waals surface area (Å²) in [5.74, 6) is 1.88. The van der Waals surface area contributed by atoms with Gasteiger partial charge in [-0.15, -0.1) is 0 Å². The van der Waals surface area contributed by atoms with Crippen molar-refractivity contribution in [1.82, 2.24) is 18.9 Å². The highest BCUT2D eigenvalue weighted by molar-refractivity contribution is 7.97. The Kier molecular flexibility index (Phi) is 4.56. The summed E-state index contributed by atoms with van der Waals surface area (Å²) < 4.78 is 2.14. The summed E-state index contributed by atoms with van der Waals surface area (Å²) in [7, 11) is 0. The molecule has 1 saturated heterocycles. The summed E-state index contributed by atoms with van der Waals surface area (Å²) in [4.78, 5) is 16.6. The lowest BCUT2D eigenvalue weighted by Crippen LogP contribution is -2.30. The minimum Gasteiger partial charge on any atom is -0.355 e. The van der Waals surface area contributed by atoms with Crippen molar-refractivity contribution in [2.24, 2.45) is 0 Å². The number of hydrogen-bond acceptors (Lipinski definition) is 4. The van der Waals surface area contributed by atoms with Crippen LogP contribution in [0.15, 0.2) is 59.8 Å². The number of hydrogen-bond donors (Lipinski definition) is 1. The number of aryl methyl sites for hydroxylation is 1. The molecule has 0 radical (unpaired) electrons. The van der Waals surface area contributed by atoms with E-state index in [4.69, 9.17) is 4.98 Å². The molecule has 0 unspecified atom stereocenters. The Morgan fingerprint density at radius 1 is 1.00 bits per heavy atom. The topological polar surface area (TPSA) is 49.7 Å². The molecule has 1 aliphatic rings. The molecular weight excluding hydrogens is 366 g/mol. The van der Waals surface area contributed by atoms with Gasteiger partial charge in [-0.3, -0.25) is 3.97 Å². The maximum Gasteiger partial charge on any atom is 0.156 e. The molecule has 0 bridgehead atoms. The molecule has 28 heavy (non-hydrogen) atoms. The number of rotatable bonds is 4. The predicted molar refractivity (Wildman–Crippen MR) is 116 cm³/mol. The van der Waals surface area contributed by atoms with Crippen molar-refractivity contribution in [2.75, 3.05) is 18.0 Å². The van der Waals surface area contributed by atoms with Gasteiger partial charge < -0.3 is 9.88 Å². The van der Waals surface area contributed by atoms with E-state index >= 15 is 0 Å². The van der Waals surface area contributed by atoms with Gasteiger partial charge in [0, 0.05) is 41.6 Å². The van der Waals surface area contributed by atoms with Gasteiger partial charge in [0.15, 0.2) is 5.82 Å². The first-order valence-corrected chi connectivity index (χ1v) is 10.6. The van der Waals surface area contributed by atoms with Crippen molar-refractivity contribution in [3.05, 3.63) is 60.7 Å². The third-order valence-corrected chi connectivity index (χ3v) is 6.08. The van der Waals surface area contributed by atoms with Crippen LogP contribution in [0.25, 0.3) is 22.3 Å². The van der Waals surface area contributed by atoms with Crippen LogP contribution in [0.4, 0.5) is 5.82 Å². The molecule has 0 spiro atoms. The van der Waals surface area contributed by atoms with Crippen molar-refractivity contribution in [2.45, 2.75) is 31.1 Å². The molecular formula is C22H23N5S. The molecule has 1 aliphatic heterocycles. The van der Waals surface area contributed by atoms with Gasteiger partial charge in [0.25, 0.3) is 0 Å². The summed E-state index contributed by atoms with van der Waals surface area (Å²) in [5, 5.41) is 0. The van der Waals surface area contributed by atoms with Crippen LogP contribution in [0.5, 0.6) is 0 Å². The first-order chi connectivity index (χ1) is 13.8. The molecule has 5 nitrogen and oxygen atoms in total. The van der Waals surface area contributed by atoms with Gasteiger partial charge in [-0.1, -0.05) is 18.2 Å². The van der Waals surface area contributed by atoms with Crippen molar-refractivity contribution in [3.63, 3.8) is 0 Å². The molecule has 6 heteroatoms. The molecule has 3 aromatic heterocycles. The maximum absolute atomic E-state index is 4.77. The van der Waals surface area contributed by atoms with E-state index in [-0.39, 0.29) is 0 Å². The lowest BCUT2D eigenvalue weighted by atomic mass is 10.1. The zero-order valence-corrected chi connectivity index (χ0v) is 16.7. The van der Waals surface area contributed by atoms with Crippen LogP contribution in [-0.4, -0.2) is 32.0 Å². The van der Waals surface area contributed by atoms with Crippen LogP contribution < -0.4 is 4.90 Å². The quantitative estimate of drug-likeness (QED) is 0.516. The summed E-state index contributed by atoms with van der Waals surface area (Å²) in [6.07, 6.45) is 8.03. The molecule has 0 saturated carbocycles. The average molecular weight is 390 g/mol. The van der Waals surface area contributed by atoms with Crippen LogP contribution >= 0.6 is 11.9 Å². The van der Waals surface area contributed by atoms with E-state index in [0.29, 0.717) is 0 Å². The monoisotopic (exact) mass is 389 g/mol. The first-order valence-electron chi connectivity index (χ1n) is 9.80. The summed E-state index contributed by atoms with van der Waals surface area (Å²) in [5.41, 5.74) is 4.28. The molecule has 0 aliphatic carbocycles. The van der Waals surface area contributed by atoms with Gasteiger partial charge in [0.2, 0.25) is 0 Å². The molecule has 1 aromatic carbocycles. The Hall–Kier alpha value is -2.73. The van der Waals surface area contributed by atoms with E-state index in [2.05, 4.69) is 67.6 Å². The van der Waals surface area contributed by atoms with E-state index < -0.39 is 0 Å². The second kappa shape index (κ2) is 7.36. The van der Waals surface area contributed by atoms with Crippen LogP contribution in [0, 0.1) is 6.92 Å². The van der Waals surface area contributed by atoms with E-state index in [0.717, 1.165) is 47.0 Å². The number of fused-ring (bicyclic) bond motifs is 1. The van der Waals surface area contributed by atoms with Gasteiger partial charge in [0.05, 0.1) is 5.52 Å². The predicted octanol–water partition coefficient (Wildman–Crippen LogP) is 5.28. The van der Waals surface area contributed by atoms with E-state index in [9.17, 15) is 0 Å². The molecule has 0 atom stereocenters. The number of H-pyrrole nitrogens is 1. The van der Waals surface area contributed by atoms with Gasteiger partial charge in [0.1, 0.15) is 11.3 Å². The lowest BCUT2D eigenvalue weighted by molar-refractivity contribution is 0.574. The molecule has 5 rings (SSSR count). The minimum atomic E-state index is 0.829. The Bertz CT molecular complexity index is 1090. The Morgan fingerprint density at radius 3 is 2.64 bits per heavy atom. The average Bonchev–Trinajstić information content (AvgIpc) is 3.35. The Labute approximate surface area is 168 Å². The van der Waals surface area contributed by atoms with Gasteiger partial charge in [-0.05, 0) is 62.4 Å². The fourth-order valence-electron chi connectivity index (χ4n) is 3.80. The number of nitrogens with one attached hydrogen (secondary N) is 1. The summed E-state index contributed by atoms with van der Waals surface area (Å²) in [6, 6.07) is 14.7. The minimum absolute atomic E-state index is 0.829. The second-order valence-corrected chi connectivity index (χ2v) is 8.33. The smallest absolute Gasteiger partial charge is 0.156 e. The van der Waals surface area contributed by atoms with Gasteiger partial charge >= 0.3 is 0 Å². The van der Waals surface area contributed by atoms with E-state index in [1.165, 1.54) is 24.2 Å². The van der Waals surface area contributed by atoms with Crippen LogP contribution in [-0.2, 0) is 0 Å². The molecule has 0 amide bonds. The van der Waals surface area contributed by atoms with Crippen LogP contribution in [0.3, 0.4) is 0 Å². The number of nitrogens with zero attached hydrogens (tertiary/aromatic N) is 4. The fraction of sp³-hybridized carbons (Fsp3) is 0.273. The van der Waals surface area contributed by atoms with Crippen molar-refractivity contribution >= 4 is 28.8 Å².